The molecule has 0 rings (SSSR count). The van der Waals surface area contributed by atoms with Crippen LogP contribution in [0.15, 0.2) is 0 Å². The summed E-state index contributed by atoms with van der Waals surface area (Å²) in [6.45, 7) is 4.25. The molecule has 0 unspecified atom stereocenters. The molecule has 0 aliphatic heterocycles. The molecule has 0 aromatic rings. The van der Waals surface area contributed by atoms with Crippen LogP contribution in [0.25, 0.3) is 0 Å². The number of unbranched alkanes of at least 4 members (excludes halogenated alkanes) is 15. The summed E-state index contributed by atoms with van der Waals surface area (Å²) in [5, 5.41) is 11.3. The van der Waals surface area contributed by atoms with Gasteiger partial charge in [0.15, 0.2) is 0 Å². The van der Waals surface area contributed by atoms with E-state index in [1.165, 1.54) is 96.3 Å². The third kappa shape index (κ3) is 23.9. The van der Waals surface area contributed by atoms with E-state index in [1.807, 2.05) is 0 Å². The summed E-state index contributed by atoms with van der Waals surface area (Å²) >= 11 is 0. The molecule has 0 aliphatic rings. The number of nitrogens with zero attached hydrogens (tertiary/aromatic N) is 1. The zero-order valence-corrected chi connectivity index (χ0v) is 17.7. The van der Waals surface area contributed by atoms with E-state index in [-0.39, 0.29) is 4.65 Å². The Morgan fingerprint density at radius 1 is 0.560 bits per heavy atom. The van der Waals surface area contributed by atoms with Crippen molar-refractivity contribution in [2.75, 3.05) is 33.9 Å². The summed E-state index contributed by atoms with van der Waals surface area (Å²) in [5.41, 5.74) is 0. The molecule has 0 spiro atoms. The van der Waals surface area contributed by atoms with Crippen molar-refractivity contribution in [1.82, 2.24) is 0 Å². The van der Waals surface area contributed by atoms with Gasteiger partial charge in [-0.05, 0) is 6.42 Å². The number of ether oxygens (including phenoxy) is 1. The summed E-state index contributed by atoms with van der Waals surface area (Å²) in [4.78, 5) is 0. The van der Waals surface area contributed by atoms with Crippen LogP contribution in [-0.2, 0) is 4.74 Å². The smallest absolute Gasteiger partial charge is 0.102 e. The number of quaternary nitrogens is 1. The van der Waals surface area contributed by atoms with Crippen molar-refractivity contribution in [3.05, 3.63) is 5.21 Å². The Morgan fingerprint density at radius 3 is 1.28 bits per heavy atom. The van der Waals surface area contributed by atoms with Gasteiger partial charge >= 0.3 is 0 Å². The Labute approximate surface area is 158 Å². The molecule has 0 fully saturated rings. The monoisotopic (exact) mass is 357 g/mol. The lowest BCUT2D eigenvalue weighted by molar-refractivity contribution is -0.840. The van der Waals surface area contributed by atoms with E-state index in [4.69, 9.17) is 4.74 Å². The molecule has 3 heteroatoms. The third-order valence-electron chi connectivity index (χ3n) is 4.92. The minimum atomic E-state index is -0.251. The lowest BCUT2D eigenvalue weighted by Crippen LogP contribution is -2.35. The van der Waals surface area contributed by atoms with Gasteiger partial charge in [0.2, 0.25) is 0 Å². The summed E-state index contributed by atoms with van der Waals surface area (Å²) in [6.07, 6.45) is 22.3. The Kier molecular flexibility index (Phi) is 18.6. The van der Waals surface area contributed by atoms with E-state index in [0.29, 0.717) is 13.2 Å². The average molecular weight is 358 g/mol. The Balaban J connectivity index is 3.01. The van der Waals surface area contributed by atoms with Crippen LogP contribution in [0.1, 0.15) is 110 Å². The van der Waals surface area contributed by atoms with Crippen LogP contribution >= 0.6 is 0 Å². The van der Waals surface area contributed by atoms with Gasteiger partial charge in [-0.2, -0.15) is 0 Å². The normalized spacial score (nSPS) is 12.0. The molecule has 25 heavy (non-hydrogen) atoms. The number of hydroxylamine groups is 3. The summed E-state index contributed by atoms with van der Waals surface area (Å²) in [6, 6.07) is 0. The van der Waals surface area contributed by atoms with Crippen molar-refractivity contribution in [2.24, 2.45) is 0 Å². The van der Waals surface area contributed by atoms with E-state index in [9.17, 15) is 5.21 Å². The molecule has 0 N–H and O–H groups in total. The van der Waals surface area contributed by atoms with Crippen molar-refractivity contribution in [1.29, 1.82) is 0 Å². The highest BCUT2D eigenvalue weighted by Gasteiger charge is 2.00. The second-order valence-corrected chi connectivity index (χ2v) is 8.21. The van der Waals surface area contributed by atoms with Crippen LogP contribution in [0.5, 0.6) is 0 Å². The molecule has 0 aromatic carbocycles. The lowest BCUT2D eigenvalue weighted by atomic mass is 10.0. The highest BCUT2D eigenvalue weighted by Crippen LogP contribution is 2.13. The summed E-state index contributed by atoms with van der Waals surface area (Å²) < 4.78 is 5.26. The maximum atomic E-state index is 11.3. The molecule has 0 heterocycles. The van der Waals surface area contributed by atoms with Crippen LogP contribution in [0, 0.1) is 5.21 Å². The van der Waals surface area contributed by atoms with Crippen molar-refractivity contribution in [2.45, 2.75) is 110 Å². The molecule has 152 valence electrons. The standard InChI is InChI=1S/C22H47NO2/c1-4-5-6-7-8-9-10-11-12-13-14-15-16-17-18-19-21-25-22-20-23(2,3)24/h4-22H2,1-3H3. The molecule has 0 saturated carbocycles. The fourth-order valence-corrected chi connectivity index (χ4v) is 3.14. The van der Waals surface area contributed by atoms with Crippen LogP contribution in [0.2, 0.25) is 0 Å². The largest absolute Gasteiger partial charge is 0.633 e. The predicted molar refractivity (Wildman–Crippen MR) is 111 cm³/mol. The molecule has 0 aromatic heterocycles. The number of hydrogen-bond acceptors (Lipinski definition) is 2. The molecular formula is C22H47NO2. The van der Waals surface area contributed by atoms with Gasteiger partial charge in [0.05, 0.1) is 20.7 Å². The Morgan fingerprint density at radius 2 is 0.920 bits per heavy atom. The first-order chi connectivity index (χ1) is 12.1. The second-order valence-electron chi connectivity index (χ2n) is 8.21. The van der Waals surface area contributed by atoms with E-state index >= 15 is 0 Å². The van der Waals surface area contributed by atoms with Crippen molar-refractivity contribution >= 4 is 0 Å². The number of rotatable bonds is 20. The second kappa shape index (κ2) is 18.7. The third-order valence-corrected chi connectivity index (χ3v) is 4.92. The van der Waals surface area contributed by atoms with E-state index in [1.54, 1.807) is 14.1 Å². The summed E-state index contributed by atoms with van der Waals surface area (Å²) in [5.74, 6) is 0. The van der Waals surface area contributed by atoms with Crippen LogP contribution in [0.3, 0.4) is 0 Å². The summed E-state index contributed by atoms with van der Waals surface area (Å²) in [7, 11) is 3.33. The van der Waals surface area contributed by atoms with Crippen molar-refractivity contribution < 1.29 is 9.38 Å². The SMILES string of the molecule is CCCCCCCCCCCCCCCCCCOCC[N+](C)(C)[O-]. The van der Waals surface area contributed by atoms with Crippen LogP contribution in [-0.4, -0.2) is 38.5 Å². The van der Waals surface area contributed by atoms with Gasteiger partial charge < -0.3 is 14.6 Å². The topological polar surface area (TPSA) is 32.3 Å². The Bertz CT molecular complexity index is 251. The van der Waals surface area contributed by atoms with E-state index in [2.05, 4.69) is 6.92 Å². The van der Waals surface area contributed by atoms with Gasteiger partial charge in [0.1, 0.15) is 6.54 Å². The van der Waals surface area contributed by atoms with Gasteiger partial charge in [-0.3, -0.25) is 0 Å². The maximum absolute atomic E-state index is 11.3. The van der Waals surface area contributed by atoms with Gasteiger partial charge in [-0.15, -0.1) is 0 Å². The van der Waals surface area contributed by atoms with Gasteiger partial charge in [-0.1, -0.05) is 103 Å². The van der Waals surface area contributed by atoms with E-state index in [0.717, 1.165) is 13.0 Å². The number of hydrogen-bond donors (Lipinski definition) is 0. The zero-order valence-electron chi connectivity index (χ0n) is 17.7. The van der Waals surface area contributed by atoms with Crippen LogP contribution < -0.4 is 0 Å². The van der Waals surface area contributed by atoms with Gasteiger partial charge in [0, 0.05) is 6.61 Å². The van der Waals surface area contributed by atoms with Crippen molar-refractivity contribution in [3.8, 4) is 0 Å². The molecular weight excluding hydrogens is 310 g/mol. The highest BCUT2D eigenvalue weighted by atomic mass is 16.5. The first-order valence-corrected chi connectivity index (χ1v) is 11.2. The van der Waals surface area contributed by atoms with Gasteiger partial charge in [0.25, 0.3) is 0 Å². The lowest BCUT2D eigenvalue weighted by Gasteiger charge is -2.33. The van der Waals surface area contributed by atoms with Crippen LogP contribution in [0.4, 0.5) is 0 Å². The predicted octanol–water partition coefficient (Wildman–Crippen LogP) is 6.84. The molecule has 0 radical (unpaired) electrons. The average Bonchev–Trinajstić information content (AvgIpc) is 2.56. The fourth-order valence-electron chi connectivity index (χ4n) is 3.14. The first-order valence-electron chi connectivity index (χ1n) is 11.2. The molecule has 0 bridgehead atoms. The maximum Gasteiger partial charge on any atom is 0.102 e. The minimum Gasteiger partial charge on any atom is -0.633 e. The highest BCUT2D eigenvalue weighted by molar-refractivity contribution is 4.50. The van der Waals surface area contributed by atoms with Crippen molar-refractivity contribution in [3.63, 3.8) is 0 Å². The van der Waals surface area contributed by atoms with E-state index < -0.39 is 0 Å². The minimum absolute atomic E-state index is 0.251. The van der Waals surface area contributed by atoms with Gasteiger partial charge in [-0.25, -0.2) is 0 Å². The number of likely N-dealkylation sites (N-methyl/N-ethyl adjacent to an activating group) is 1. The molecule has 0 amide bonds. The molecule has 0 aliphatic carbocycles. The molecule has 0 atom stereocenters. The Hall–Kier alpha value is -0.120. The first kappa shape index (κ1) is 24.9. The fraction of sp³-hybridized carbons (Fsp3) is 1.00. The molecule has 3 nitrogen and oxygen atoms in total. The zero-order chi connectivity index (χ0) is 18.6. The molecule has 0 saturated heterocycles. The quantitative estimate of drug-likeness (QED) is 0.136.